The molecule has 0 bridgehead atoms. The number of phenolic OH excluding ortho intramolecular Hbond substituents is 1. The van der Waals surface area contributed by atoms with E-state index in [2.05, 4.69) is 5.16 Å². The molecule has 1 aromatic carbocycles. The van der Waals surface area contributed by atoms with Gasteiger partial charge in [0, 0.05) is 12.1 Å². The van der Waals surface area contributed by atoms with Crippen LogP contribution in [0.3, 0.4) is 0 Å². The normalized spacial score (nSPS) is 13.0. The number of hydrogen-bond donors (Lipinski definition) is 2. The average molecular weight is 238 g/mol. The van der Waals surface area contributed by atoms with Gasteiger partial charge in [0.15, 0.2) is 34.6 Å². The highest BCUT2D eigenvalue weighted by Gasteiger charge is 2.27. The van der Waals surface area contributed by atoms with E-state index in [0.717, 1.165) is 6.07 Å². The van der Waals surface area contributed by atoms with Crippen LogP contribution in [0.4, 0.5) is 10.2 Å². The van der Waals surface area contributed by atoms with E-state index in [1.807, 2.05) is 0 Å². The lowest BCUT2D eigenvalue weighted by Crippen LogP contribution is -1.93. The number of aromatic hydroxyl groups is 1. The van der Waals surface area contributed by atoms with Crippen LogP contribution in [-0.4, -0.2) is 17.1 Å². The topological polar surface area (TPSA) is 90.7 Å². The van der Waals surface area contributed by atoms with Gasteiger partial charge in [-0.15, -0.1) is 0 Å². The van der Waals surface area contributed by atoms with Crippen LogP contribution in [0.25, 0.3) is 11.3 Å². The number of rotatable bonds is 1. The van der Waals surface area contributed by atoms with Crippen molar-refractivity contribution in [3.63, 3.8) is 0 Å². The highest BCUT2D eigenvalue weighted by Crippen LogP contribution is 2.48. The largest absolute Gasteiger partial charge is 0.504 e. The number of nitrogen functional groups attached to an aromatic ring is 1. The van der Waals surface area contributed by atoms with Gasteiger partial charge in [0.25, 0.3) is 0 Å². The zero-order chi connectivity index (χ0) is 12.0. The maximum atomic E-state index is 13.4. The van der Waals surface area contributed by atoms with Crippen molar-refractivity contribution >= 4 is 5.82 Å². The standard InChI is InChI=1S/C10H7FN2O4/c11-4-1-6-10(16-3-15-6)8(9(4)14)5-2-7(12)13-17-5/h1-2,14H,3H2,(H2,12,13). The van der Waals surface area contributed by atoms with Crippen LogP contribution in [0.15, 0.2) is 16.7 Å². The minimum absolute atomic E-state index is 0.0432. The molecule has 7 heteroatoms. The zero-order valence-electron chi connectivity index (χ0n) is 8.44. The molecule has 2 heterocycles. The van der Waals surface area contributed by atoms with E-state index in [1.165, 1.54) is 6.07 Å². The van der Waals surface area contributed by atoms with Gasteiger partial charge in [-0.1, -0.05) is 5.16 Å². The van der Waals surface area contributed by atoms with Gasteiger partial charge in [-0.3, -0.25) is 0 Å². The molecule has 1 aliphatic rings. The third kappa shape index (κ3) is 1.36. The number of anilines is 1. The zero-order valence-corrected chi connectivity index (χ0v) is 8.44. The summed E-state index contributed by atoms with van der Waals surface area (Å²) in [5.74, 6) is -0.785. The second-order valence-electron chi connectivity index (χ2n) is 3.43. The maximum Gasteiger partial charge on any atom is 0.231 e. The van der Waals surface area contributed by atoms with E-state index in [0.29, 0.717) is 0 Å². The number of halogens is 1. The summed E-state index contributed by atoms with van der Waals surface area (Å²) in [5, 5.41) is 13.1. The van der Waals surface area contributed by atoms with Crippen LogP contribution < -0.4 is 15.2 Å². The molecule has 0 aliphatic carbocycles. The van der Waals surface area contributed by atoms with Crippen LogP contribution in [0.5, 0.6) is 17.2 Å². The monoisotopic (exact) mass is 238 g/mol. The Morgan fingerprint density at radius 1 is 1.35 bits per heavy atom. The van der Waals surface area contributed by atoms with E-state index >= 15 is 0 Å². The molecule has 88 valence electrons. The molecule has 1 aliphatic heterocycles. The highest BCUT2D eigenvalue weighted by molar-refractivity contribution is 5.78. The Morgan fingerprint density at radius 2 is 2.18 bits per heavy atom. The Kier molecular flexibility index (Phi) is 1.88. The number of hydrogen-bond acceptors (Lipinski definition) is 6. The molecule has 0 amide bonds. The molecule has 0 fully saturated rings. The van der Waals surface area contributed by atoms with Crippen LogP contribution in [0, 0.1) is 5.82 Å². The SMILES string of the molecule is Nc1cc(-c2c(O)c(F)cc3c2OCO3)on1. The molecule has 0 atom stereocenters. The van der Waals surface area contributed by atoms with E-state index in [4.69, 9.17) is 19.7 Å². The fourth-order valence-electron chi connectivity index (χ4n) is 1.64. The lowest BCUT2D eigenvalue weighted by atomic mass is 10.1. The number of benzene rings is 1. The second-order valence-corrected chi connectivity index (χ2v) is 3.43. The number of nitrogens with zero attached hydrogens (tertiary/aromatic N) is 1. The Hall–Kier alpha value is -2.44. The van der Waals surface area contributed by atoms with Gasteiger partial charge in [0.1, 0.15) is 5.56 Å². The third-order valence-corrected chi connectivity index (χ3v) is 2.36. The second kappa shape index (κ2) is 3.27. The number of ether oxygens (including phenoxy) is 2. The first-order chi connectivity index (χ1) is 8.16. The summed E-state index contributed by atoms with van der Waals surface area (Å²) in [6, 6.07) is 2.40. The Morgan fingerprint density at radius 3 is 2.88 bits per heavy atom. The maximum absolute atomic E-state index is 13.4. The summed E-state index contributed by atoms with van der Waals surface area (Å²) in [5.41, 5.74) is 5.44. The smallest absolute Gasteiger partial charge is 0.231 e. The van der Waals surface area contributed by atoms with Gasteiger partial charge in [-0.2, -0.15) is 0 Å². The molecule has 6 nitrogen and oxygen atoms in total. The van der Waals surface area contributed by atoms with Crippen LogP contribution >= 0.6 is 0 Å². The minimum atomic E-state index is -0.834. The number of nitrogens with two attached hydrogens (primary N) is 1. The summed E-state index contributed by atoms with van der Waals surface area (Å²) in [6.07, 6.45) is 0. The molecule has 0 spiro atoms. The molecule has 0 radical (unpaired) electrons. The summed E-state index contributed by atoms with van der Waals surface area (Å²) >= 11 is 0. The molecular formula is C10H7FN2O4. The van der Waals surface area contributed by atoms with Gasteiger partial charge in [-0.05, 0) is 0 Å². The molecule has 0 unspecified atom stereocenters. The lowest BCUT2D eigenvalue weighted by molar-refractivity contribution is 0.174. The van der Waals surface area contributed by atoms with Crippen LogP contribution in [-0.2, 0) is 0 Å². The average Bonchev–Trinajstić information content (AvgIpc) is 2.89. The molecule has 2 aromatic rings. The van der Waals surface area contributed by atoms with Gasteiger partial charge < -0.3 is 24.8 Å². The fraction of sp³-hybridized carbons (Fsp3) is 0.100. The Labute approximate surface area is 94.3 Å². The highest BCUT2D eigenvalue weighted by atomic mass is 19.1. The minimum Gasteiger partial charge on any atom is -0.504 e. The third-order valence-electron chi connectivity index (χ3n) is 2.36. The van der Waals surface area contributed by atoms with E-state index in [9.17, 15) is 9.50 Å². The quantitative estimate of drug-likeness (QED) is 0.782. The summed E-state index contributed by atoms with van der Waals surface area (Å²) in [4.78, 5) is 0. The molecule has 17 heavy (non-hydrogen) atoms. The molecule has 0 saturated heterocycles. The first-order valence-electron chi connectivity index (χ1n) is 4.70. The van der Waals surface area contributed by atoms with Crippen molar-refractivity contribution in [2.24, 2.45) is 0 Å². The molecule has 1 aromatic heterocycles. The van der Waals surface area contributed by atoms with Crippen molar-refractivity contribution in [2.45, 2.75) is 0 Å². The summed E-state index contributed by atoms with van der Waals surface area (Å²) in [7, 11) is 0. The van der Waals surface area contributed by atoms with Crippen LogP contribution in [0.2, 0.25) is 0 Å². The van der Waals surface area contributed by atoms with E-state index in [1.54, 1.807) is 0 Å². The molecule has 3 rings (SSSR count). The van der Waals surface area contributed by atoms with Crippen molar-refractivity contribution in [3.05, 3.63) is 17.9 Å². The summed E-state index contributed by atoms with van der Waals surface area (Å²) < 4.78 is 28.5. The van der Waals surface area contributed by atoms with E-state index in [-0.39, 0.29) is 35.4 Å². The molecular weight excluding hydrogens is 231 g/mol. The van der Waals surface area contributed by atoms with Crippen molar-refractivity contribution in [1.82, 2.24) is 5.16 Å². The van der Waals surface area contributed by atoms with Crippen molar-refractivity contribution in [1.29, 1.82) is 0 Å². The molecule has 0 saturated carbocycles. The van der Waals surface area contributed by atoms with Gasteiger partial charge in [-0.25, -0.2) is 4.39 Å². The van der Waals surface area contributed by atoms with Crippen molar-refractivity contribution < 1.29 is 23.5 Å². The Balaban J connectivity index is 2.28. The summed E-state index contributed by atoms with van der Waals surface area (Å²) in [6.45, 7) is -0.0468. The van der Waals surface area contributed by atoms with Crippen molar-refractivity contribution in [2.75, 3.05) is 12.5 Å². The predicted octanol–water partition coefficient (Wildman–Crippen LogP) is 1.50. The molecule has 3 N–H and O–H groups in total. The predicted molar refractivity (Wildman–Crippen MR) is 54.1 cm³/mol. The van der Waals surface area contributed by atoms with Crippen LogP contribution in [0.1, 0.15) is 0 Å². The van der Waals surface area contributed by atoms with Gasteiger partial charge >= 0.3 is 0 Å². The van der Waals surface area contributed by atoms with E-state index < -0.39 is 11.6 Å². The fourth-order valence-corrected chi connectivity index (χ4v) is 1.64. The first kappa shape index (κ1) is 9.76. The first-order valence-corrected chi connectivity index (χ1v) is 4.70. The number of aromatic nitrogens is 1. The van der Waals surface area contributed by atoms with Gasteiger partial charge in [0.05, 0.1) is 0 Å². The van der Waals surface area contributed by atoms with Crippen molar-refractivity contribution in [3.8, 4) is 28.6 Å². The number of phenols is 1. The lowest BCUT2D eigenvalue weighted by Gasteiger charge is -2.05. The number of fused-ring (bicyclic) bond motifs is 1. The van der Waals surface area contributed by atoms with Gasteiger partial charge in [0.2, 0.25) is 6.79 Å². The Bertz CT molecular complexity index is 596.